The molecule has 2 amide bonds. The zero-order valence-corrected chi connectivity index (χ0v) is 23.3. The predicted molar refractivity (Wildman–Crippen MR) is 148 cm³/mol. The van der Waals surface area contributed by atoms with Gasteiger partial charge in [0.25, 0.3) is 11.8 Å². The van der Waals surface area contributed by atoms with Gasteiger partial charge in [-0.2, -0.15) is 0 Å². The fourth-order valence-electron chi connectivity index (χ4n) is 8.07. The van der Waals surface area contributed by atoms with Crippen LogP contribution in [0.2, 0.25) is 0 Å². The number of fused-ring (bicyclic) bond motifs is 4. The number of halogens is 2. The number of nitrogens with one attached hydrogen (secondary N) is 3. The molecule has 2 aliphatic carbocycles. The summed E-state index contributed by atoms with van der Waals surface area (Å²) in [5.41, 5.74) is 0.312. The minimum atomic E-state index is -0.655. The average molecular weight is 593 g/mol. The van der Waals surface area contributed by atoms with Crippen molar-refractivity contribution in [3.8, 4) is 5.88 Å². The van der Waals surface area contributed by atoms with Gasteiger partial charge in [-0.3, -0.25) is 9.69 Å². The lowest BCUT2D eigenvalue weighted by atomic mass is 9.73. The number of carbonyl (C=O) groups excluding carboxylic acids is 2. The van der Waals surface area contributed by atoms with Crippen molar-refractivity contribution in [2.75, 3.05) is 49.5 Å². The Morgan fingerprint density at radius 2 is 1.86 bits per heavy atom. The number of piperidine rings is 1. The second-order valence-corrected chi connectivity index (χ2v) is 13.1. The summed E-state index contributed by atoms with van der Waals surface area (Å²) in [6.07, 6.45) is 5.07. The van der Waals surface area contributed by atoms with Gasteiger partial charge in [-0.15, -0.1) is 0 Å². The van der Waals surface area contributed by atoms with Crippen molar-refractivity contribution in [3.63, 3.8) is 0 Å². The lowest BCUT2D eigenvalue weighted by Crippen LogP contribution is -2.48. The number of nitrogens with zero attached hydrogens (tertiary/aromatic N) is 5. The van der Waals surface area contributed by atoms with E-state index in [9.17, 15) is 9.59 Å². The summed E-state index contributed by atoms with van der Waals surface area (Å²) in [5.74, 6) is 0.951. The Balaban J connectivity index is 0.861. The zero-order chi connectivity index (χ0) is 29.1. The molecule has 2 bridgehead atoms. The van der Waals surface area contributed by atoms with Gasteiger partial charge in [-0.05, 0) is 55.2 Å². The molecule has 224 valence electrons. The first-order chi connectivity index (χ1) is 20.8. The number of benzene rings is 1. The van der Waals surface area contributed by atoms with Crippen molar-refractivity contribution < 1.29 is 27.8 Å². The molecule has 5 aliphatic heterocycles. The number of ether oxygens (including phenoxy) is 2. The van der Waals surface area contributed by atoms with E-state index in [1.54, 1.807) is 0 Å². The number of carbonyl (C=O) groups is 2. The zero-order valence-electron chi connectivity index (χ0n) is 23.3. The SMILES string of the molecule is O=C1COc2ncc(N3CC4(CCN(CC5Cc6c(c(F)c7[nH]c(C89CC(CN8)C9)nc7c6F)C5)CC4)OC3=O)nc2N1. The molecule has 1 saturated carbocycles. The van der Waals surface area contributed by atoms with Crippen molar-refractivity contribution in [1.29, 1.82) is 0 Å². The summed E-state index contributed by atoms with van der Waals surface area (Å²) in [5, 5.41) is 6.09. The van der Waals surface area contributed by atoms with Crippen LogP contribution in [-0.4, -0.2) is 81.8 Å². The second kappa shape index (κ2) is 8.82. The Kier molecular flexibility index (Phi) is 5.24. The number of imidazole rings is 1. The third-order valence-corrected chi connectivity index (χ3v) is 10.3. The van der Waals surface area contributed by atoms with Gasteiger partial charge in [0.05, 0.1) is 18.3 Å². The Morgan fingerprint density at radius 1 is 1.07 bits per heavy atom. The number of hydrogen-bond donors (Lipinski definition) is 3. The maximum Gasteiger partial charge on any atom is 0.416 e. The topological polar surface area (TPSA) is 138 Å². The minimum Gasteiger partial charge on any atom is -0.465 e. The Labute approximate surface area is 244 Å². The maximum atomic E-state index is 15.7. The van der Waals surface area contributed by atoms with Gasteiger partial charge in [-0.25, -0.2) is 28.5 Å². The van der Waals surface area contributed by atoms with Crippen LogP contribution in [0.25, 0.3) is 11.0 Å². The van der Waals surface area contributed by atoms with Crippen LogP contribution in [0.3, 0.4) is 0 Å². The molecule has 1 spiro atoms. The largest absolute Gasteiger partial charge is 0.465 e. The number of amides is 2. The van der Waals surface area contributed by atoms with E-state index in [2.05, 4.69) is 35.5 Å². The first-order valence-corrected chi connectivity index (χ1v) is 14.9. The quantitative estimate of drug-likeness (QED) is 0.417. The lowest BCUT2D eigenvalue weighted by Gasteiger charge is -2.38. The summed E-state index contributed by atoms with van der Waals surface area (Å²) in [4.78, 5) is 44.5. The third-order valence-electron chi connectivity index (χ3n) is 10.3. The van der Waals surface area contributed by atoms with Gasteiger partial charge >= 0.3 is 6.09 Å². The summed E-state index contributed by atoms with van der Waals surface area (Å²) in [7, 11) is 0. The van der Waals surface area contributed by atoms with E-state index in [0.29, 0.717) is 74.7 Å². The van der Waals surface area contributed by atoms with Crippen LogP contribution in [0, 0.1) is 23.5 Å². The summed E-state index contributed by atoms with van der Waals surface area (Å²) in [6.45, 7) is 3.22. The number of aromatic amines is 1. The molecule has 3 N–H and O–H groups in total. The monoisotopic (exact) mass is 592 g/mol. The fraction of sp³-hybridized carbons (Fsp3) is 0.552. The van der Waals surface area contributed by atoms with E-state index >= 15 is 8.78 Å². The Hall–Kier alpha value is -3.91. The third kappa shape index (κ3) is 3.81. The molecule has 1 unspecified atom stereocenters. The number of likely N-dealkylation sites (tertiary alicyclic amines) is 1. The summed E-state index contributed by atoms with van der Waals surface area (Å²) < 4.78 is 42.5. The number of H-pyrrole nitrogens is 1. The molecule has 1 atom stereocenters. The molecular formula is C29H30F2N8O4. The van der Waals surface area contributed by atoms with Crippen LogP contribution in [0.5, 0.6) is 5.88 Å². The Morgan fingerprint density at radius 3 is 2.63 bits per heavy atom. The molecule has 2 aromatic heterocycles. The highest BCUT2D eigenvalue weighted by Gasteiger charge is 2.53. The smallest absolute Gasteiger partial charge is 0.416 e. The predicted octanol–water partition coefficient (Wildman–Crippen LogP) is 2.38. The highest BCUT2D eigenvalue weighted by molar-refractivity contribution is 5.95. The van der Waals surface area contributed by atoms with Crippen molar-refractivity contribution >= 4 is 34.7 Å². The molecule has 12 nitrogen and oxygen atoms in total. The first kappa shape index (κ1) is 25.6. The second-order valence-electron chi connectivity index (χ2n) is 13.1. The van der Waals surface area contributed by atoms with Gasteiger partial charge in [0, 0.05) is 32.5 Å². The normalized spacial score (nSPS) is 27.7. The number of hydrogen-bond acceptors (Lipinski definition) is 9. The van der Waals surface area contributed by atoms with Crippen LogP contribution in [-0.2, 0) is 27.9 Å². The van der Waals surface area contributed by atoms with Crippen LogP contribution in [0.1, 0.15) is 42.6 Å². The van der Waals surface area contributed by atoms with E-state index in [1.165, 1.54) is 11.1 Å². The van der Waals surface area contributed by atoms with Crippen LogP contribution in [0.15, 0.2) is 6.20 Å². The van der Waals surface area contributed by atoms with Gasteiger partial charge in [0.1, 0.15) is 22.5 Å². The highest BCUT2D eigenvalue weighted by atomic mass is 19.1. The lowest BCUT2D eigenvalue weighted by molar-refractivity contribution is -0.118. The molecule has 3 aromatic rings. The first-order valence-electron chi connectivity index (χ1n) is 14.9. The van der Waals surface area contributed by atoms with E-state index in [0.717, 1.165) is 19.4 Å². The Bertz CT molecular complexity index is 1660. The van der Waals surface area contributed by atoms with Gasteiger partial charge in [-0.1, -0.05) is 0 Å². The molecule has 43 heavy (non-hydrogen) atoms. The van der Waals surface area contributed by atoms with Gasteiger partial charge in [0.15, 0.2) is 29.9 Å². The fourth-order valence-corrected chi connectivity index (χ4v) is 8.07. The highest BCUT2D eigenvalue weighted by Crippen LogP contribution is 2.50. The molecule has 14 heteroatoms. The molecule has 1 aromatic carbocycles. The van der Waals surface area contributed by atoms with E-state index in [-0.39, 0.29) is 58.3 Å². The number of aromatic nitrogens is 4. The van der Waals surface area contributed by atoms with E-state index in [4.69, 9.17) is 9.47 Å². The maximum absolute atomic E-state index is 15.7. The van der Waals surface area contributed by atoms with Crippen LogP contribution >= 0.6 is 0 Å². The number of rotatable bonds is 4. The van der Waals surface area contributed by atoms with Crippen molar-refractivity contribution in [3.05, 3.63) is 34.8 Å². The van der Waals surface area contributed by atoms with E-state index in [1.807, 2.05) is 0 Å². The molecule has 0 radical (unpaired) electrons. The molecule has 7 heterocycles. The minimum absolute atomic E-state index is 0.0901. The standard InChI is InChI=1S/C29H30F2N8O4/c30-20-16-5-14(6-17(16)21(31)23-22(20)36-26(37-23)29-7-15(8-29)9-33-29)11-38-3-1-28(2-4-38)13-39(27(41)43-28)18-10-32-25-24(34-18)35-19(40)12-42-25/h10,14-15,33H,1-9,11-13H2,(H,36,37)(H,34,35,40). The average Bonchev–Trinajstić information content (AvgIpc) is 3.80. The molecule has 7 aliphatic rings. The molecule has 5 fully saturated rings. The van der Waals surface area contributed by atoms with Crippen molar-refractivity contribution in [1.82, 2.24) is 30.2 Å². The summed E-state index contributed by atoms with van der Waals surface area (Å²) in [6, 6.07) is 0. The summed E-state index contributed by atoms with van der Waals surface area (Å²) >= 11 is 0. The van der Waals surface area contributed by atoms with E-state index < -0.39 is 17.5 Å². The molecular weight excluding hydrogens is 562 g/mol. The van der Waals surface area contributed by atoms with Gasteiger partial charge in [0.2, 0.25) is 0 Å². The van der Waals surface area contributed by atoms with Crippen molar-refractivity contribution in [2.24, 2.45) is 11.8 Å². The van der Waals surface area contributed by atoms with Crippen LogP contribution < -0.4 is 20.3 Å². The van der Waals surface area contributed by atoms with Crippen LogP contribution in [0.4, 0.5) is 25.2 Å². The van der Waals surface area contributed by atoms with Crippen molar-refractivity contribution in [2.45, 2.75) is 49.7 Å². The molecule has 10 rings (SSSR count). The van der Waals surface area contributed by atoms with Gasteiger partial charge < -0.3 is 30.0 Å². The molecule has 4 saturated heterocycles. The number of anilines is 2.